The minimum Gasteiger partial charge on any atom is -0.351 e. The van der Waals surface area contributed by atoms with Crippen LogP contribution in [0.5, 0.6) is 0 Å². The average molecular weight is 381 g/mol. The molecule has 0 aliphatic heterocycles. The summed E-state index contributed by atoms with van der Waals surface area (Å²) < 4.78 is 3.24. The summed E-state index contributed by atoms with van der Waals surface area (Å²) in [6.45, 7) is 0.991. The van der Waals surface area contributed by atoms with Gasteiger partial charge in [-0.05, 0) is 23.3 Å². The van der Waals surface area contributed by atoms with Crippen LogP contribution in [0, 0.1) is 0 Å². The summed E-state index contributed by atoms with van der Waals surface area (Å²) in [6.07, 6.45) is 0. The smallest absolute Gasteiger partial charge is 0.338 e. The van der Waals surface area contributed by atoms with E-state index in [0.717, 1.165) is 22.2 Å². The van der Waals surface area contributed by atoms with Crippen molar-refractivity contribution in [2.75, 3.05) is 5.32 Å². The molecule has 0 unspecified atom stereocenters. The van der Waals surface area contributed by atoms with Gasteiger partial charge in [-0.3, -0.25) is 4.57 Å². The zero-order valence-corrected chi connectivity index (χ0v) is 15.7. The summed E-state index contributed by atoms with van der Waals surface area (Å²) >= 11 is 0. The number of benzene rings is 3. The van der Waals surface area contributed by atoms with Crippen LogP contribution in [0.1, 0.15) is 11.1 Å². The Hall–Kier alpha value is -3.93. The fourth-order valence-corrected chi connectivity index (χ4v) is 3.46. The lowest BCUT2D eigenvalue weighted by Gasteiger charge is -2.14. The molecule has 142 valence electrons. The third-order valence-electron chi connectivity index (χ3n) is 4.90. The van der Waals surface area contributed by atoms with Crippen molar-refractivity contribution in [3.05, 3.63) is 107 Å². The molecule has 29 heavy (non-hydrogen) atoms. The number of anilines is 1. The van der Waals surface area contributed by atoms with E-state index in [1.807, 2.05) is 84.9 Å². The van der Waals surface area contributed by atoms with Gasteiger partial charge >= 0.3 is 5.69 Å². The third kappa shape index (κ3) is 3.25. The molecular weight excluding hydrogens is 362 g/mol. The Balaban J connectivity index is 1.65. The number of aromatic nitrogens is 4. The van der Waals surface area contributed by atoms with Gasteiger partial charge in [0.25, 0.3) is 0 Å². The van der Waals surface area contributed by atoms with E-state index in [1.165, 1.54) is 0 Å². The van der Waals surface area contributed by atoms with Gasteiger partial charge in [-0.15, -0.1) is 0 Å². The van der Waals surface area contributed by atoms with Crippen LogP contribution in [0.2, 0.25) is 0 Å². The molecule has 6 heteroatoms. The predicted octanol–water partition coefficient (Wildman–Crippen LogP) is 3.70. The second-order valence-electron chi connectivity index (χ2n) is 6.86. The van der Waals surface area contributed by atoms with Crippen LogP contribution >= 0.6 is 0 Å². The number of fused-ring (bicyclic) bond motifs is 3. The largest absolute Gasteiger partial charge is 0.351 e. The quantitative estimate of drug-likeness (QED) is 0.504. The molecule has 2 heterocycles. The van der Waals surface area contributed by atoms with Crippen molar-refractivity contribution in [1.29, 1.82) is 0 Å². The second kappa shape index (κ2) is 7.24. The lowest BCUT2D eigenvalue weighted by molar-refractivity contribution is 0.700. The molecule has 0 amide bonds. The Labute approximate surface area is 167 Å². The topological polar surface area (TPSA) is 64.2 Å². The van der Waals surface area contributed by atoms with Crippen LogP contribution in [-0.4, -0.2) is 18.9 Å². The normalized spacial score (nSPS) is 11.2. The maximum absolute atomic E-state index is 13.4. The van der Waals surface area contributed by atoms with Gasteiger partial charge in [0.05, 0.1) is 17.6 Å². The summed E-state index contributed by atoms with van der Waals surface area (Å²) in [5.74, 6) is 0.904. The van der Waals surface area contributed by atoms with E-state index in [1.54, 1.807) is 8.97 Å². The van der Waals surface area contributed by atoms with Gasteiger partial charge in [0, 0.05) is 6.54 Å². The number of rotatable bonds is 5. The molecule has 0 radical (unpaired) electrons. The fourth-order valence-electron chi connectivity index (χ4n) is 3.46. The van der Waals surface area contributed by atoms with Crippen molar-refractivity contribution >= 4 is 22.8 Å². The molecular formula is C23H19N5O. The van der Waals surface area contributed by atoms with Crippen molar-refractivity contribution in [2.24, 2.45) is 0 Å². The third-order valence-corrected chi connectivity index (χ3v) is 4.90. The molecule has 0 bridgehead atoms. The lowest BCUT2D eigenvalue weighted by atomic mass is 10.2. The highest BCUT2D eigenvalue weighted by Gasteiger charge is 2.15. The van der Waals surface area contributed by atoms with Crippen molar-refractivity contribution in [3.8, 4) is 0 Å². The maximum Gasteiger partial charge on any atom is 0.338 e. The summed E-state index contributed by atoms with van der Waals surface area (Å²) in [7, 11) is 0. The monoisotopic (exact) mass is 381 g/mol. The first kappa shape index (κ1) is 17.2. The van der Waals surface area contributed by atoms with Crippen molar-refractivity contribution in [2.45, 2.75) is 13.1 Å². The Bertz CT molecular complexity index is 1340. The first-order valence-corrected chi connectivity index (χ1v) is 9.49. The van der Waals surface area contributed by atoms with E-state index in [9.17, 15) is 4.79 Å². The molecule has 1 N–H and O–H groups in total. The molecule has 3 aromatic carbocycles. The van der Waals surface area contributed by atoms with Crippen LogP contribution in [0.15, 0.2) is 89.7 Å². The Kier molecular flexibility index (Phi) is 4.29. The minimum atomic E-state index is -0.164. The molecule has 6 nitrogen and oxygen atoms in total. The molecule has 2 aromatic heterocycles. The van der Waals surface area contributed by atoms with E-state index < -0.39 is 0 Å². The number of nitrogens with zero attached hydrogens (tertiary/aromatic N) is 4. The van der Waals surface area contributed by atoms with Gasteiger partial charge in [0.2, 0.25) is 11.7 Å². The average Bonchev–Trinajstić information content (AvgIpc) is 3.14. The summed E-state index contributed by atoms with van der Waals surface area (Å²) in [6, 6.07) is 27.5. The predicted molar refractivity (Wildman–Crippen MR) is 114 cm³/mol. The highest BCUT2D eigenvalue weighted by Crippen LogP contribution is 2.16. The summed E-state index contributed by atoms with van der Waals surface area (Å²) in [4.78, 5) is 22.7. The standard InChI is InChI=1S/C23H19N5O/c29-23-27(16-18-11-5-2-6-12-18)21(24-15-17-9-3-1-4-10-17)26-22-25-19-13-7-8-14-20(19)28(22)23/h1-14H,15-16H2,(H,24,25,26). The first-order chi connectivity index (χ1) is 14.3. The molecule has 0 fully saturated rings. The number of imidazole rings is 1. The van der Waals surface area contributed by atoms with E-state index in [-0.39, 0.29) is 5.69 Å². The first-order valence-electron chi connectivity index (χ1n) is 9.49. The van der Waals surface area contributed by atoms with Gasteiger partial charge in [0.1, 0.15) is 0 Å². The zero-order valence-electron chi connectivity index (χ0n) is 15.7. The van der Waals surface area contributed by atoms with Crippen LogP contribution in [0.25, 0.3) is 16.8 Å². The van der Waals surface area contributed by atoms with E-state index in [4.69, 9.17) is 0 Å². The van der Waals surface area contributed by atoms with E-state index in [0.29, 0.717) is 24.8 Å². The molecule has 0 saturated carbocycles. The van der Waals surface area contributed by atoms with E-state index in [2.05, 4.69) is 15.3 Å². The van der Waals surface area contributed by atoms with Crippen molar-refractivity contribution in [3.63, 3.8) is 0 Å². The molecule has 0 aliphatic carbocycles. The Morgan fingerprint density at radius 2 is 1.41 bits per heavy atom. The number of para-hydroxylation sites is 2. The van der Waals surface area contributed by atoms with Crippen LogP contribution in [-0.2, 0) is 13.1 Å². The van der Waals surface area contributed by atoms with Gasteiger partial charge in [0.15, 0.2) is 0 Å². The minimum absolute atomic E-state index is 0.164. The fraction of sp³-hybridized carbons (Fsp3) is 0.0870. The summed E-state index contributed by atoms with van der Waals surface area (Å²) in [5.41, 5.74) is 3.49. The lowest BCUT2D eigenvalue weighted by Crippen LogP contribution is -2.30. The highest BCUT2D eigenvalue weighted by atomic mass is 16.1. The molecule has 0 saturated heterocycles. The van der Waals surface area contributed by atoms with Gasteiger partial charge in [-0.2, -0.15) is 4.98 Å². The molecule has 0 spiro atoms. The maximum atomic E-state index is 13.4. The Morgan fingerprint density at radius 1 is 0.759 bits per heavy atom. The van der Waals surface area contributed by atoms with Gasteiger partial charge in [-0.25, -0.2) is 14.2 Å². The number of hydrogen-bond acceptors (Lipinski definition) is 4. The molecule has 5 rings (SSSR count). The van der Waals surface area contributed by atoms with Crippen molar-refractivity contribution in [1.82, 2.24) is 18.9 Å². The van der Waals surface area contributed by atoms with Gasteiger partial charge in [-0.1, -0.05) is 72.8 Å². The summed E-state index contributed by atoms with van der Waals surface area (Å²) in [5, 5.41) is 3.33. The van der Waals surface area contributed by atoms with E-state index >= 15 is 0 Å². The molecule has 0 aliphatic rings. The Morgan fingerprint density at radius 3 is 2.17 bits per heavy atom. The number of hydrogen-bond donors (Lipinski definition) is 1. The van der Waals surface area contributed by atoms with Gasteiger partial charge < -0.3 is 5.32 Å². The SMILES string of the molecule is O=c1n(Cc2ccccc2)c(NCc2ccccc2)nc2nc3ccccc3n12. The molecule has 5 aromatic rings. The second-order valence-corrected chi connectivity index (χ2v) is 6.86. The van der Waals surface area contributed by atoms with Crippen LogP contribution < -0.4 is 11.0 Å². The highest BCUT2D eigenvalue weighted by molar-refractivity contribution is 5.79. The zero-order chi connectivity index (χ0) is 19.6. The van der Waals surface area contributed by atoms with Crippen LogP contribution in [0.4, 0.5) is 5.95 Å². The van der Waals surface area contributed by atoms with Crippen LogP contribution in [0.3, 0.4) is 0 Å². The van der Waals surface area contributed by atoms with Crippen molar-refractivity contribution < 1.29 is 0 Å². The number of nitrogens with one attached hydrogen (secondary N) is 1. The molecule has 0 atom stereocenters.